The smallest absolute Gasteiger partial charge is 0.264 e. The van der Waals surface area contributed by atoms with Gasteiger partial charge in [-0.15, -0.1) is 0 Å². The predicted molar refractivity (Wildman–Crippen MR) is 89.3 cm³/mol. The minimum Gasteiger partial charge on any atom is -0.494 e. The summed E-state index contributed by atoms with van der Waals surface area (Å²) in [5.74, 6) is 0.641. The Morgan fingerprint density at radius 2 is 1.68 bits per heavy atom. The Bertz CT molecular complexity index is 729. The van der Waals surface area contributed by atoms with Gasteiger partial charge in [-0.2, -0.15) is 0 Å². The van der Waals surface area contributed by atoms with Gasteiger partial charge in [0, 0.05) is 6.54 Å². The molecule has 0 aliphatic rings. The molecule has 0 fully saturated rings. The van der Waals surface area contributed by atoms with Crippen LogP contribution in [0.2, 0.25) is 5.02 Å². The van der Waals surface area contributed by atoms with Gasteiger partial charge in [0.1, 0.15) is 5.75 Å². The van der Waals surface area contributed by atoms with E-state index < -0.39 is 10.0 Å². The number of hydrogen-bond donors (Lipinski definition) is 0. The third kappa shape index (κ3) is 3.36. The molecule has 2 aromatic carbocycles. The van der Waals surface area contributed by atoms with Gasteiger partial charge in [0.25, 0.3) is 10.0 Å². The van der Waals surface area contributed by atoms with Crippen LogP contribution in [-0.2, 0) is 10.0 Å². The topological polar surface area (TPSA) is 46.6 Å². The fourth-order valence-corrected chi connectivity index (χ4v) is 3.91. The molecule has 0 radical (unpaired) electrons. The zero-order valence-electron chi connectivity index (χ0n) is 12.5. The lowest BCUT2D eigenvalue weighted by molar-refractivity contribution is 0.340. The molecule has 0 unspecified atom stereocenters. The lowest BCUT2D eigenvalue weighted by Gasteiger charge is -2.24. The first-order valence-electron chi connectivity index (χ1n) is 7.00. The van der Waals surface area contributed by atoms with Crippen molar-refractivity contribution in [1.29, 1.82) is 0 Å². The van der Waals surface area contributed by atoms with Crippen LogP contribution in [0, 0.1) is 0 Å². The number of hydrogen-bond acceptors (Lipinski definition) is 3. The highest BCUT2D eigenvalue weighted by Crippen LogP contribution is 2.30. The molecule has 0 atom stereocenters. The predicted octanol–water partition coefficient (Wildman–Crippen LogP) is 3.95. The van der Waals surface area contributed by atoms with Crippen LogP contribution < -0.4 is 9.04 Å². The molecule has 0 bridgehead atoms. The Labute approximate surface area is 136 Å². The molecular formula is C16H18ClNO3S. The van der Waals surface area contributed by atoms with E-state index in [0.29, 0.717) is 29.6 Å². The molecule has 4 nitrogen and oxygen atoms in total. The lowest BCUT2D eigenvalue weighted by atomic mass is 10.3. The molecule has 22 heavy (non-hydrogen) atoms. The van der Waals surface area contributed by atoms with Gasteiger partial charge in [0.05, 0.1) is 22.2 Å². The first-order chi connectivity index (χ1) is 10.5. The Morgan fingerprint density at radius 3 is 2.23 bits per heavy atom. The summed E-state index contributed by atoms with van der Waals surface area (Å²) < 4.78 is 32.3. The maximum atomic E-state index is 12.8. The molecule has 0 aliphatic heterocycles. The monoisotopic (exact) mass is 339 g/mol. The van der Waals surface area contributed by atoms with Gasteiger partial charge in [-0.05, 0) is 50.2 Å². The summed E-state index contributed by atoms with van der Waals surface area (Å²) in [6.07, 6.45) is 0. The van der Waals surface area contributed by atoms with E-state index in [1.54, 1.807) is 55.5 Å². The summed E-state index contributed by atoms with van der Waals surface area (Å²) in [6.45, 7) is 4.47. The van der Waals surface area contributed by atoms with Gasteiger partial charge in [-0.1, -0.05) is 23.7 Å². The number of para-hydroxylation sites is 1. The van der Waals surface area contributed by atoms with Crippen LogP contribution in [0.15, 0.2) is 53.4 Å². The quantitative estimate of drug-likeness (QED) is 0.800. The van der Waals surface area contributed by atoms with Gasteiger partial charge < -0.3 is 4.74 Å². The molecule has 2 rings (SSSR count). The van der Waals surface area contributed by atoms with E-state index >= 15 is 0 Å². The van der Waals surface area contributed by atoms with Crippen molar-refractivity contribution in [3.8, 4) is 5.75 Å². The molecule has 0 amide bonds. The minimum absolute atomic E-state index is 0.206. The fraction of sp³-hybridized carbons (Fsp3) is 0.250. The molecular weight excluding hydrogens is 322 g/mol. The van der Waals surface area contributed by atoms with Crippen molar-refractivity contribution in [2.45, 2.75) is 18.7 Å². The van der Waals surface area contributed by atoms with Gasteiger partial charge in [-0.3, -0.25) is 4.31 Å². The Balaban J connectivity index is 2.41. The number of nitrogens with zero attached hydrogens (tertiary/aromatic N) is 1. The third-order valence-corrected chi connectivity index (χ3v) is 5.35. The van der Waals surface area contributed by atoms with Crippen molar-refractivity contribution in [1.82, 2.24) is 0 Å². The summed E-state index contributed by atoms with van der Waals surface area (Å²) in [7, 11) is -3.67. The fourth-order valence-electron chi connectivity index (χ4n) is 2.13. The maximum absolute atomic E-state index is 12.8. The highest BCUT2D eigenvalue weighted by atomic mass is 35.5. The Hall–Kier alpha value is -1.72. The summed E-state index contributed by atoms with van der Waals surface area (Å²) >= 11 is 6.13. The van der Waals surface area contributed by atoms with Crippen molar-refractivity contribution in [2.75, 3.05) is 17.5 Å². The second-order valence-corrected chi connectivity index (χ2v) is 6.80. The SMILES string of the molecule is CCOc1ccc(S(=O)(=O)N(CC)c2ccccc2Cl)cc1. The van der Waals surface area contributed by atoms with Gasteiger partial charge in [0.2, 0.25) is 0 Å². The summed E-state index contributed by atoms with van der Waals surface area (Å²) in [4.78, 5) is 0.206. The van der Waals surface area contributed by atoms with Gasteiger partial charge >= 0.3 is 0 Å². The molecule has 0 aliphatic carbocycles. The maximum Gasteiger partial charge on any atom is 0.264 e. The molecule has 0 N–H and O–H groups in total. The Kier molecular flexibility index (Phi) is 5.32. The molecule has 118 valence electrons. The van der Waals surface area contributed by atoms with Crippen LogP contribution in [0.5, 0.6) is 5.75 Å². The van der Waals surface area contributed by atoms with Crippen molar-refractivity contribution in [2.24, 2.45) is 0 Å². The first kappa shape index (κ1) is 16.6. The van der Waals surface area contributed by atoms with E-state index in [1.165, 1.54) is 4.31 Å². The molecule has 0 spiro atoms. The number of benzene rings is 2. The molecule has 0 saturated carbocycles. The van der Waals surface area contributed by atoms with Crippen LogP contribution in [-0.4, -0.2) is 21.6 Å². The van der Waals surface area contributed by atoms with Gasteiger partial charge in [0.15, 0.2) is 0 Å². The second kappa shape index (κ2) is 7.03. The van der Waals surface area contributed by atoms with Crippen molar-refractivity contribution >= 4 is 27.3 Å². The van der Waals surface area contributed by atoms with Crippen LogP contribution in [0.4, 0.5) is 5.69 Å². The molecule has 0 aromatic heterocycles. The van der Waals surface area contributed by atoms with Crippen molar-refractivity contribution in [3.63, 3.8) is 0 Å². The van der Waals surface area contributed by atoms with Crippen molar-refractivity contribution < 1.29 is 13.2 Å². The lowest BCUT2D eigenvalue weighted by Crippen LogP contribution is -2.31. The molecule has 0 heterocycles. The van der Waals surface area contributed by atoms with E-state index in [0.717, 1.165) is 0 Å². The number of rotatable bonds is 6. The van der Waals surface area contributed by atoms with Crippen LogP contribution in [0.1, 0.15) is 13.8 Å². The molecule has 6 heteroatoms. The third-order valence-electron chi connectivity index (χ3n) is 3.13. The van der Waals surface area contributed by atoms with E-state index in [1.807, 2.05) is 6.92 Å². The van der Waals surface area contributed by atoms with Crippen molar-refractivity contribution in [3.05, 3.63) is 53.6 Å². The van der Waals surface area contributed by atoms with Gasteiger partial charge in [-0.25, -0.2) is 8.42 Å². The second-order valence-electron chi connectivity index (χ2n) is 4.53. The molecule has 2 aromatic rings. The Morgan fingerprint density at radius 1 is 1.05 bits per heavy atom. The normalized spacial score (nSPS) is 11.2. The summed E-state index contributed by atoms with van der Waals surface area (Å²) in [5, 5.41) is 0.402. The van der Waals surface area contributed by atoms with Crippen LogP contribution in [0.3, 0.4) is 0 Å². The zero-order chi connectivity index (χ0) is 16.2. The van der Waals surface area contributed by atoms with E-state index in [2.05, 4.69) is 0 Å². The average molecular weight is 340 g/mol. The zero-order valence-corrected chi connectivity index (χ0v) is 14.1. The first-order valence-corrected chi connectivity index (χ1v) is 8.82. The summed E-state index contributed by atoms with van der Waals surface area (Å²) in [6, 6.07) is 13.3. The highest BCUT2D eigenvalue weighted by molar-refractivity contribution is 7.92. The van der Waals surface area contributed by atoms with E-state index in [4.69, 9.17) is 16.3 Å². The van der Waals surface area contributed by atoms with Crippen LogP contribution in [0.25, 0.3) is 0 Å². The average Bonchev–Trinajstić information content (AvgIpc) is 2.50. The largest absolute Gasteiger partial charge is 0.494 e. The molecule has 0 saturated heterocycles. The highest BCUT2D eigenvalue weighted by Gasteiger charge is 2.25. The standard InChI is InChI=1S/C16H18ClNO3S/c1-3-18(16-8-6-5-7-15(16)17)22(19,20)14-11-9-13(10-12-14)21-4-2/h5-12H,3-4H2,1-2H3. The van der Waals surface area contributed by atoms with Crippen LogP contribution >= 0.6 is 11.6 Å². The van der Waals surface area contributed by atoms with E-state index in [9.17, 15) is 8.42 Å². The number of ether oxygens (including phenoxy) is 1. The summed E-state index contributed by atoms with van der Waals surface area (Å²) in [5.41, 5.74) is 0.473. The van der Waals surface area contributed by atoms with E-state index in [-0.39, 0.29) is 4.90 Å². The number of anilines is 1. The minimum atomic E-state index is -3.67. The number of sulfonamides is 1. The number of halogens is 1.